The van der Waals surface area contributed by atoms with E-state index < -0.39 is 0 Å². The summed E-state index contributed by atoms with van der Waals surface area (Å²) in [5.41, 5.74) is 0. The van der Waals surface area contributed by atoms with Gasteiger partial charge >= 0.3 is 0 Å². The molecular weight excluding hydrogens is 336 g/mol. The van der Waals surface area contributed by atoms with Gasteiger partial charge in [0.2, 0.25) is 0 Å². The summed E-state index contributed by atoms with van der Waals surface area (Å²) in [5.74, 6) is 0. The molecule has 0 aromatic heterocycles. The van der Waals surface area contributed by atoms with Crippen LogP contribution in [0.2, 0.25) is 0 Å². The highest BCUT2D eigenvalue weighted by Gasteiger charge is 2.04. The van der Waals surface area contributed by atoms with Crippen molar-refractivity contribution in [1.29, 1.82) is 0 Å². The molecule has 130 valence electrons. The molecule has 6 rings (SSSR count). The first-order valence-electron chi connectivity index (χ1n) is 9.70. The van der Waals surface area contributed by atoms with Gasteiger partial charge in [-0.25, -0.2) is 0 Å². The average Bonchev–Trinajstić information content (AvgIpc) is 2.69. The van der Waals surface area contributed by atoms with Crippen LogP contribution in [0.3, 0.4) is 0 Å². The van der Waals surface area contributed by atoms with E-state index in [-0.39, 0.29) is 0 Å². The zero-order valence-electron chi connectivity index (χ0n) is 15.4. The first-order valence-corrected chi connectivity index (χ1v) is 9.70. The summed E-state index contributed by atoms with van der Waals surface area (Å²) in [5, 5.41) is 12.8. The minimum Gasteiger partial charge on any atom is -0.0616 e. The molecule has 4 aromatic rings. The molecule has 0 heterocycles. The normalized spacial score (nSPS) is 11.6. The largest absolute Gasteiger partial charge is 0.0616 e. The number of rotatable bonds is 0. The van der Waals surface area contributed by atoms with E-state index in [1.165, 1.54) is 53.5 Å². The highest BCUT2D eigenvalue weighted by Crippen LogP contribution is 2.27. The molecule has 0 saturated carbocycles. The van der Waals surface area contributed by atoms with Gasteiger partial charge in [0.1, 0.15) is 0 Å². The number of hydrogen-bond donors (Lipinski definition) is 0. The summed E-state index contributed by atoms with van der Waals surface area (Å²) < 4.78 is 0. The fraction of sp³-hybridized carbons (Fsp3) is 0. The van der Waals surface area contributed by atoms with Crippen LogP contribution in [0.4, 0.5) is 0 Å². The molecule has 0 amide bonds. The van der Waals surface area contributed by atoms with Gasteiger partial charge in [-0.3, -0.25) is 0 Å². The van der Waals surface area contributed by atoms with Crippen molar-refractivity contribution in [3.63, 3.8) is 0 Å². The molecule has 0 N–H and O–H groups in total. The van der Waals surface area contributed by atoms with Crippen LogP contribution in [-0.4, -0.2) is 0 Å². The van der Waals surface area contributed by atoms with Crippen molar-refractivity contribution < 1.29 is 0 Å². The minimum atomic E-state index is 1.26. The average molecular weight is 354 g/mol. The molecule has 0 atom stereocenters. The monoisotopic (exact) mass is 354 g/mol. The van der Waals surface area contributed by atoms with E-state index in [9.17, 15) is 0 Å². The van der Waals surface area contributed by atoms with Gasteiger partial charge in [0.15, 0.2) is 0 Å². The van der Waals surface area contributed by atoms with Gasteiger partial charge in [-0.2, -0.15) is 0 Å². The van der Waals surface area contributed by atoms with E-state index in [1.807, 2.05) is 0 Å². The first kappa shape index (κ1) is 15.4. The SMILES string of the molecule is c1cc2cc3ccccc3cc3cccc4cc5ccccc5cc(c1)c2=c34. The molecule has 28 heavy (non-hydrogen) atoms. The lowest BCUT2D eigenvalue weighted by Crippen LogP contribution is -1.84. The van der Waals surface area contributed by atoms with E-state index in [0.29, 0.717) is 0 Å². The van der Waals surface area contributed by atoms with Crippen LogP contribution in [0.15, 0.2) is 109 Å². The Kier molecular flexibility index (Phi) is 3.27. The minimum absolute atomic E-state index is 1.26. The molecule has 4 aromatic carbocycles. The summed E-state index contributed by atoms with van der Waals surface area (Å²) in [7, 11) is 0. The summed E-state index contributed by atoms with van der Waals surface area (Å²) >= 11 is 0. The van der Waals surface area contributed by atoms with E-state index in [2.05, 4.69) is 109 Å². The highest BCUT2D eigenvalue weighted by atomic mass is 14.1. The number of benzene rings is 4. The third-order valence-corrected chi connectivity index (χ3v) is 5.74. The summed E-state index contributed by atoms with van der Waals surface area (Å²) in [4.78, 5) is 0. The molecule has 0 radical (unpaired) electrons. The lowest BCUT2D eigenvalue weighted by molar-refractivity contribution is 1.63. The van der Waals surface area contributed by atoms with Gasteiger partial charge in [0.05, 0.1) is 0 Å². The Bertz CT molecular complexity index is 1370. The Morgan fingerprint density at radius 3 is 0.786 bits per heavy atom. The topological polar surface area (TPSA) is 0 Å². The van der Waals surface area contributed by atoms with Crippen molar-refractivity contribution in [2.45, 2.75) is 0 Å². The van der Waals surface area contributed by atoms with Crippen molar-refractivity contribution >= 4 is 43.1 Å². The molecule has 2 aliphatic carbocycles. The van der Waals surface area contributed by atoms with Crippen LogP contribution >= 0.6 is 0 Å². The van der Waals surface area contributed by atoms with Gasteiger partial charge in [0, 0.05) is 0 Å². The summed E-state index contributed by atoms with van der Waals surface area (Å²) in [6.45, 7) is 0. The van der Waals surface area contributed by atoms with E-state index in [0.717, 1.165) is 0 Å². The second-order valence-corrected chi connectivity index (χ2v) is 7.46. The Morgan fingerprint density at radius 1 is 0.250 bits per heavy atom. The van der Waals surface area contributed by atoms with Gasteiger partial charge < -0.3 is 0 Å². The van der Waals surface area contributed by atoms with E-state index in [1.54, 1.807) is 0 Å². The smallest absolute Gasteiger partial charge is 0.00264 e. The first-order chi connectivity index (χ1) is 13.9. The van der Waals surface area contributed by atoms with Crippen LogP contribution in [0.1, 0.15) is 0 Å². The van der Waals surface area contributed by atoms with Crippen LogP contribution in [-0.2, 0) is 0 Å². The zero-order valence-corrected chi connectivity index (χ0v) is 15.4. The van der Waals surface area contributed by atoms with E-state index >= 15 is 0 Å². The molecule has 0 unspecified atom stereocenters. The zero-order chi connectivity index (χ0) is 18.5. The maximum atomic E-state index is 2.33. The second kappa shape index (κ2) is 5.94. The molecule has 0 aliphatic heterocycles. The number of fused-ring (bicyclic) bond motifs is 2. The van der Waals surface area contributed by atoms with Crippen LogP contribution in [0, 0.1) is 10.4 Å². The van der Waals surface area contributed by atoms with Gasteiger partial charge in [0.25, 0.3) is 0 Å². The standard InChI is InChI=1S/C28H18/c1-2-8-20-16-24-12-6-14-26-18-22-10-4-3-9-21(22)17-25-13-5-11-23(15-19(20)7-1)27(25)28(24)26/h1-18H. The molecule has 0 saturated heterocycles. The van der Waals surface area contributed by atoms with Crippen molar-refractivity contribution in [2.75, 3.05) is 0 Å². The summed E-state index contributed by atoms with van der Waals surface area (Å²) in [6, 6.07) is 39.9. The molecular formula is C28H18. The fourth-order valence-corrected chi connectivity index (χ4v) is 4.45. The van der Waals surface area contributed by atoms with Crippen molar-refractivity contribution in [1.82, 2.24) is 0 Å². The predicted octanol–water partition coefficient (Wildman–Crippen LogP) is 7.59. The van der Waals surface area contributed by atoms with Crippen LogP contribution < -0.4 is 0 Å². The van der Waals surface area contributed by atoms with Crippen molar-refractivity contribution in [3.05, 3.63) is 120 Å². The lowest BCUT2D eigenvalue weighted by Gasteiger charge is -2.07. The molecule has 0 heteroatoms. The maximum absolute atomic E-state index is 2.33. The lowest BCUT2D eigenvalue weighted by atomic mass is 9.97. The molecule has 0 spiro atoms. The predicted molar refractivity (Wildman–Crippen MR) is 121 cm³/mol. The third kappa shape index (κ3) is 2.32. The highest BCUT2D eigenvalue weighted by molar-refractivity contribution is 5.95. The Labute approximate surface area is 163 Å². The van der Waals surface area contributed by atoms with Crippen LogP contribution in [0.5, 0.6) is 0 Å². The van der Waals surface area contributed by atoms with Gasteiger partial charge in [-0.1, -0.05) is 84.9 Å². The van der Waals surface area contributed by atoms with E-state index in [4.69, 9.17) is 0 Å². The Morgan fingerprint density at radius 2 is 0.500 bits per heavy atom. The van der Waals surface area contributed by atoms with Gasteiger partial charge in [-0.05, 0) is 77.8 Å². The van der Waals surface area contributed by atoms with Crippen LogP contribution in [0.25, 0.3) is 43.1 Å². The Hall–Kier alpha value is -3.64. The fourth-order valence-electron chi connectivity index (χ4n) is 4.45. The van der Waals surface area contributed by atoms with Crippen molar-refractivity contribution in [3.8, 4) is 0 Å². The molecule has 0 fully saturated rings. The quantitative estimate of drug-likeness (QED) is 0.264. The molecule has 0 nitrogen and oxygen atoms in total. The number of hydrogen-bond acceptors (Lipinski definition) is 0. The molecule has 2 aliphatic rings. The Balaban J connectivity index is 2.09. The van der Waals surface area contributed by atoms with Crippen molar-refractivity contribution in [2.24, 2.45) is 0 Å². The van der Waals surface area contributed by atoms with Gasteiger partial charge in [-0.15, -0.1) is 0 Å². The second-order valence-electron chi connectivity index (χ2n) is 7.46. The summed E-state index contributed by atoms with van der Waals surface area (Å²) in [6.07, 6.45) is 0. The molecule has 0 bridgehead atoms. The maximum Gasteiger partial charge on any atom is -0.00264 e. The third-order valence-electron chi connectivity index (χ3n) is 5.74.